The first kappa shape index (κ1) is 20.2. The summed E-state index contributed by atoms with van der Waals surface area (Å²) >= 11 is 3.21. The van der Waals surface area contributed by atoms with Crippen molar-refractivity contribution in [1.82, 2.24) is 4.90 Å². The molecular weight excluding hydrogens is 381 g/mol. The second kappa shape index (κ2) is 7.83. The Morgan fingerprint density at radius 1 is 1.33 bits per heavy atom. The van der Waals surface area contributed by atoms with Crippen LogP contribution in [0.1, 0.15) is 34.6 Å². The summed E-state index contributed by atoms with van der Waals surface area (Å²) in [4.78, 5) is 24.5. The minimum Gasteiger partial charge on any atom is -0.465 e. The fraction of sp³-hybridized carbons (Fsp3) is 0.500. The van der Waals surface area contributed by atoms with Crippen molar-refractivity contribution in [2.75, 3.05) is 17.2 Å². The molecule has 0 aliphatic rings. The van der Waals surface area contributed by atoms with Crippen molar-refractivity contribution in [3.63, 3.8) is 0 Å². The predicted octanol–water partition coefficient (Wildman–Crippen LogP) is 4.13. The highest BCUT2D eigenvalue weighted by Gasteiger charge is 2.28. The van der Waals surface area contributed by atoms with Crippen molar-refractivity contribution in [3.05, 3.63) is 22.4 Å². The lowest BCUT2D eigenvalue weighted by molar-refractivity contribution is -0.118. The summed E-state index contributed by atoms with van der Waals surface area (Å²) in [5.74, 6) is -1.22. The largest absolute Gasteiger partial charge is 0.465 e. The van der Waals surface area contributed by atoms with Crippen LogP contribution in [0.25, 0.3) is 0 Å². The Kier molecular flexibility index (Phi) is 6.59. The van der Waals surface area contributed by atoms with Gasteiger partial charge in [0.15, 0.2) is 0 Å². The lowest BCUT2D eigenvalue weighted by Gasteiger charge is -2.32. The number of carboxylic acid groups (broad SMARTS) is 1. The molecule has 0 saturated carbocycles. The maximum Gasteiger partial charge on any atom is 0.408 e. The number of carbonyl (C=O) groups excluding carboxylic acids is 1. The predicted molar refractivity (Wildman–Crippen MR) is 96.0 cm³/mol. The number of rotatable bonds is 5. The first-order chi connectivity index (χ1) is 10.9. The summed E-state index contributed by atoms with van der Waals surface area (Å²) < 4.78 is 14.8. The lowest BCUT2D eigenvalue weighted by Crippen LogP contribution is -2.48. The van der Waals surface area contributed by atoms with E-state index in [0.717, 1.165) is 4.90 Å². The molecule has 6 nitrogen and oxygen atoms in total. The molecule has 2 amide bonds. The summed E-state index contributed by atoms with van der Waals surface area (Å²) in [5, 5.41) is 14.8. The van der Waals surface area contributed by atoms with E-state index >= 15 is 0 Å². The van der Waals surface area contributed by atoms with Gasteiger partial charge in [-0.2, -0.15) is 0 Å². The van der Waals surface area contributed by atoms with Crippen LogP contribution in [0.2, 0.25) is 0 Å². The number of carbonyl (C=O) groups is 2. The molecule has 0 aromatic heterocycles. The van der Waals surface area contributed by atoms with Crippen LogP contribution in [-0.2, 0) is 4.79 Å². The van der Waals surface area contributed by atoms with E-state index < -0.39 is 29.9 Å². The second-order valence-corrected chi connectivity index (χ2v) is 7.61. The number of hydrogen-bond acceptors (Lipinski definition) is 3. The summed E-state index contributed by atoms with van der Waals surface area (Å²) in [6.45, 7) is 8.42. The molecule has 1 rings (SSSR count). The molecule has 0 spiro atoms. The van der Waals surface area contributed by atoms with E-state index in [2.05, 4.69) is 26.6 Å². The summed E-state index contributed by atoms with van der Waals surface area (Å²) in [6.07, 6.45) is -1.21. The van der Waals surface area contributed by atoms with E-state index in [9.17, 15) is 19.1 Å². The molecule has 1 aromatic carbocycles. The monoisotopic (exact) mass is 403 g/mol. The fourth-order valence-corrected chi connectivity index (χ4v) is 2.47. The molecule has 0 bridgehead atoms. The SMILES string of the molecule is CC(C)Nc1cc(Br)cc(F)c1NC(=O)CN(C(=O)O)C(C)(C)C. The van der Waals surface area contributed by atoms with Gasteiger partial charge in [0.05, 0.1) is 5.69 Å². The van der Waals surface area contributed by atoms with Crippen molar-refractivity contribution in [2.24, 2.45) is 0 Å². The first-order valence-corrected chi connectivity index (χ1v) is 8.27. The molecule has 0 aliphatic carbocycles. The van der Waals surface area contributed by atoms with Crippen LogP contribution in [0, 0.1) is 5.82 Å². The standard InChI is InChI=1S/C16H23BrFN3O3/c1-9(2)19-12-7-10(17)6-11(18)14(12)20-13(22)8-21(15(23)24)16(3,4)5/h6-7,9,19H,8H2,1-5H3,(H,20,22)(H,23,24). The van der Waals surface area contributed by atoms with E-state index in [1.165, 1.54) is 6.07 Å². The molecule has 0 saturated heterocycles. The normalized spacial score (nSPS) is 11.3. The van der Waals surface area contributed by atoms with Crippen molar-refractivity contribution in [2.45, 2.75) is 46.2 Å². The van der Waals surface area contributed by atoms with Gasteiger partial charge >= 0.3 is 6.09 Å². The number of benzene rings is 1. The maximum absolute atomic E-state index is 14.2. The fourth-order valence-electron chi connectivity index (χ4n) is 2.04. The van der Waals surface area contributed by atoms with Gasteiger partial charge in [0.1, 0.15) is 18.0 Å². The zero-order chi connectivity index (χ0) is 18.7. The average molecular weight is 404 g/mol. The summed E-state index contributed by atoms with van der Waals surface area (Å²) in [7, 11) is 0. The zero-order valence-corrected chi connectivity index (χ0v) is 16.0. The van der Waals surface area contributed by atoms with Crippen LogP contribution < -0.4 is 10.6 Å². The number of halogens is 2. The van der Waals surface area contributed by atoms with Gasteiger partial charge in [0.2, 0.25) is 5.91 Å². The van der Waals surface area contributed by atoms with Gasteiger partial charge in [-0.15, -0.1) is 0 Å². The minimum atomic E-state index is -1.21. The average Bonchev–Trinajstić information content (AvgIpc) is 2.37. The van der Waals surface area contributed by atoms with E-state index in [-0.39, 0.29) is 11.7 Å². The Balaban J connectivity index is 3.03. The molecule has 0 heterocycles. The number of nitrogens with one attached hydrogen (secondary N) is 2. The van der Waals surface area contributed by atoms with Gasteiger partial charge in [-0.05, 0) is 46.8 Å². The van der Waals surface area contributed by atoms with Crippen molar-refractivity contribution in [1.29, 1.82) is 0 Å². The molecule has 134 valence electrons. The quantitative estimate of drug-likeness (QED) is 0.690. The van der Waals surface area contributed by atoms with Gasteiger partial charge in [-0.3, -0.25) is 9.69 Å². The van der Waals surface area contributed by atoms with E-state index in [1.54, 1.807) is 26.8 Å². The number of hydrogen-bond donors (Lipinski definition) is 3. The van der Waals surface area contributed by atoms with Crippen LogP contribution in [0.4, 0.5) is 20.6 Å². The van der Waals surface area contributed by atoms with Crippen molar-refractivity contribution in [3.8, 4) is 0 Å². The minimum absolute atomic E-state index is 0.00357. The third-order valence-corrected chi connectivity index (χ3v) is 3.56. The molecule has 0 unspecified atom stereocenters. The third-order valence-electron chi connectivity index (χ3n) is 3.11. The Hall–Kier alpha value is -1.83. The number of anilines is 2. The van der Waals surface area contributed by atoms with E-state index in [4.69, 9.17) is 0 Å². The van der Waals surface area contributed by atoms with Gasteiger partial charge in [0.25, 0.3) is 0 Å². The Bertz CT molecular complexity index is 630. The van der Waals surface area contributed by atoms with Crippen LogP contribution >= 0.6 is 15.9 Å². The highest BCUT2D eigenvalue weighted by Crippen LogP contribution is 2.30. The molecule has 3 N–H and O–H groups in total. The van der Waals surface area contributed by atoms with Crippen molar-refractivity contribution < 1.29 is 19.1 Å². The highest BCUT2D eigenvalue weighted by atomic mass is 79.9. The smallest absolute Gasteiger partial charge is 0.408 e. The van der Waals surface area contributed by atoms with Gasteiger partial charge in [0, 0.05) is 16.1 Å². The molecule has 0 aliphatic heterocycles. The highest BCUT2D eigenvalue weighted by molar-refractivity contribution is 9.10. The molecule has 0 atom stereocenters. The van der Waals surface area contributed by atoms with Crippen molar-refractivity contribution >= 4 is 39.3 Å². The molecule has 8 heteroatoms. The molecule has 1 aromatic rings. The van der Waals surface area contributed by atoms with Crippen LogP contribution in [0.3, 0.4) is 0 Å². The maximum atomic E-state index is 14.2. The van der Waals surface area contributed by atoms with Gasteiger partial charge < -0.3 is 15.7 Å². The number of nitrogens with zero attached hydrogens (tertiary/aromatic N) is 1. The zero-order valence-electron chi connectivity index (χ0n) is 14.4. The van der Waals surface area contributed by atoms with E-state index in [0.29, 0.717) is 10.2 Å². The third kappa shape index (κ3) is 5.67. The molecule has 24 heavy (non-hydrogen) atoms. The Labute approximate surface area is 149 Å². The topological polar surface area (TPSA) is 81.7 Å². The molecular formula is C16H23BrFN3O3. The Morgan fingerprint density at radius 2 is 1.92 bits per heavy atom. The Morgan fingerprint density at radius 3 is 2.38 bits per heavy atom. The molecule has 0 radical (unpaired) electrons. The van der Waals surface area contributed by atoms with Crippen LogP contribution in [-0.4, -0.2) is 40.1 Å². The second-order valence-electron chi connectivity index (χ2n) is 6.70. The summed E-state index contributed by atoms with van der Waals surface area (Å²) in [6, 6.07) is 2.91. The van der Waals surface area contributed by atoms with Crippen LogP contribution in [0.5, 0.6) is 0 Å². The van der Waals surface area contributed by atoms with E-state index in [1.807, 2.05) is 13.8 Å². The van der Waals surface area contributed by atoms with Gasteiger partial charge in [-0.1, -0.05) is 15.9 Å². The number of amides is 2. The summed E-state index contributed by atoms with van der Waals surface area (Å²) in [5.41, 5.74) is -0.334. The van der Waals surface area contributed by atoms with Crippen LogP contribution in [0.15, 0.2) is 16.6 Å². The van der Waals surface area contributed by atoms with Gasteiger partial charge in [-0.25, -0.2) is 9.18 Å². The lowest BCUT2D eigenvalue weighted by atomic mass is 10.1. The molecule has 0 fully saturated rings. The first-order valence-electron chi connectivity index (χ1n) is 7.47.